The first-order valence-corrected chi connectivity index (χ1v) is 6.00. The first-order chi connectivity index (χ1) is 6.03. The average molecular weight is 206 g/mol. The van der Waals surface area contributed by atoms with Crippen LogP contribution in [0.3, 0.4) is 0 Å². The second kappa shape index (κ2) is 4.06. The topological polar surface area (TPSA) is 75.3 Å². The third-order valence-electron chi connectivity index (χ3n) is 1.93. The number of sulfone groups is 1. The van der Waals surface area contributed by atoms with Crippen molar-refractivity contribution in [3.63, 3.8) is 0 Å². The molecule has 1 atom stereocenters. The monoisotopic (exact) mass is 206 g/mol. The molecule has 1 fully saturated rings. The maximum atomic E-state index is 11.0. The van der Waals surface area contributed by atoms with Gasteiger partial charge in [-0.25, -0.2) is 8.42 Å². The predicted molar refractivity (Wildman–Crippen MR) is 49.1 cm³/mol. The molecular formula is C7H14N2O3S. The Kier molecular flexibility index (Phi) is 3.27. The highest BCUT2D eigenvalue weighted by Gasteiger charge is 2.28. The lowest BCUT2D eigenvalue weighted by Gasteiger charge is -2.09. The number of carbonyl (C=O) groups is 1. The third-order valence-corrected chi connectivity index (χ3v) is 3.70. The zero-order valence-electron chi connectivity index (χ0n) is 7.54. The van der Waals surface area contributed by atoms with Crippen LogP contribution in [-0.4, -0.2) is 45.5 Å². The number of likely N-dealkylation sites (N-methyl/N-ethyl adjacent to an activating group) is 1. The van der Waals surface area contributed by atoms with E-state index in [-0.39, 0.29) is 30.0 Å². The van der Waals surface area contributed by atoms with E-state index in [0.717, 1.165) is 0 Å². The van der Waals surface area contributed by atoms with E-state index in [9.17, 15) is 13.2 Å². The Morgan fingerprint density at radius 2 is 2.23 bits per heavy atom. The number of nitrogens with one attached hydrogen (secondary N) is 2. The summed E-state index contributed by atoms with van der Waals surface area (Å²) in [5.41, 5.74) is 0. The van der Waals surface area contributed by atoms with Crippen molar-refractivity contribution in [1.82, 2.24) is 10.6 Å². The Morgan fingerprint density at radius 3 is 2.69 bits per heavy atom. The molecule has 1 aliphatic rings. The molecule has 1 unspecified atom stereocenters. The second-order valence-electron chi connectivity index (χ2n) is 3.20. The van der Waals surface area contributed by atoms with Crippen LogP contribution >= 0.6 is 0 Å². The largest absolute Gasteiger partial charge is 0.351 e. The molecule has 2 N–H and O–H groups in total. The van der Waals surface area contributed by atoms with Crippen LogP contribution in [0, 0.1) is 0 Å². The number of amides is 1. The summed E-state index contributed by atoms with van der Waals surface area (Å²) in [4.78, 5) is 11.0. The van der Waals surface area contributed by atoms with E-state index in [1.165, 1.54) is 0 Å². The van der Waals surface area contributed by atoms with Crippen molar-refractivity contribution in [1.29, 1.82) is 0 Å². The SMILES string of the molecule is CNCC(=O)NC1CCS(=O)(=O)C1. The molecule has 13 heavy (non-hydrogen) atoms. The Bertz CT molecular complexity index is 286. The van der Waals surface area contributed by atoms with Gasteiger partial charge in [-0.2, -0.15) is 0 Å². The Labute approximate surface area is 77.8 Å². The van der Waals surface area contributed by atoms with E-state index < -0.39 is 9.84 Å². The average Bonchev–Trinajstić information content (AvgIpc) is 2.30. The molecular weight excluding hydrogens is 192 g/mol. The van der Waals surface area contributed by atoms with E-state index in [4.69, 9.17) is 0 Å². The minimum atomic E-state index is -2.89. The molecule has 0 radical (unpaired) electrons. The second-order valence-corrected chi connectivity index (χ2v) is 5.43. The van der Waals surface area contributed by atoms with Crippen molar-refractivity contribution in [3.05, 3.63) is 0 Å². The number of carbonyl (C=O) groups excluding carboxylic acids is 1. The first-order valence-electron chi connectivity index (χ1n) is 4.18. The molecule has 1 aliphatic heterocycles. The zero-order valence-corrected chi connectivity index (χ0v) is 8.36. The summed E-state index contributed by atoms with van der Waals surface area (Å²) in [6, 6.07) is -0.189. The van der Waals surface area contributed by atoms with E-state index in [1.807, 2.05) is 0 Å². The van der Waals surface area contributed by atoms with Crippen molar-refractivity contribution < 1.29 is 13.2 Å². The molecule has 6 heteroatoms. The van der Waals surface area contributed by atoms with Crippen LogP contribution in [0.1, 0.15) is 6.42 Å². The van der Waals surface area contributed by atoms with Gasteiger partial charge in [-0.05, 0) is 13.5 Å². The predicted octanol–water partition coefficient (Wildman–Crippen LogP) is -1.49. The van der Waals surface area contributed by atoms with Gasteiger partial charge >= 0.3 is 0 Å². The smallest absolute Gasteiger partial charge is 0.234 e. The molecule has 1 saturated heterocycles. The van der Waals surface area contributed by atoms with Gasteiger partial charge < -0.3 is 10.6 Å². The van der Waals surface area contributed by atoms with Crippen molar-refractivity contribution in [2.45, 2.75) is 12.5 Å². The van der Waals surface area contributed by atoms with Crippen molar-refractivity contribution in [2.75, 3.05) is 25.1 Å². The van der Waals surface area contributed by atoms with Crippen LogP contribution in [0.15, 0.2) is 0 Å². The Balaban J connectivity index is 2.36. The Hall–Kier alpha value is -0.620. The molecule has 0 aliphatic carbocycles. The lowest BCUT2D eigenvalue weighted by molar-refractivity contribution is -0.120. The lowest BCUT2D eigenvalue weighted by atomic mass is 10.2. The first kappa shape index (κ1) is 10.5. The molecule has 0 aromatic rings. The Morgan fingerprint density at radius 1 is 1.54 bits per heavy atom. The number of hydrogen-bond donors (Lipinski definition) is 2. The van der Waals surface area contributed by atoms with Gasteiger partial charge in [0.05, 0.1) is 18.1 Å². The summed E-state index contributed by atoms with van der Waals surface area (Å²) in [6.07, 6.45) is 0.539. The molecule has 76 valence electrons. The summed E-state index contributed by atoms with van der Waals surface area (Å²) in [5, 5.41) is 5.36. The summed E-state index contributed by atoms with van der Waals surface area (Å²) in [7, 11) is -1.22. The molecule has 5 nitrogen and oxygen atoms in total. The van der Waals surface area contributed by atoms with Crippen LogP contribution in [0.2, 0.25) is 0 Å². The third kappa shape index (κ3) is 3.31. The quantitative estimate of drug-likeness (QED) is 0.590. The minimum absolute atomic E-state index is 0.0858. The van der Waals surface area contributed by atoms with Crippen LogP contribution in [-0.2, 0) is 14.6 Å². The van der Waals surface area contributed by atoms with E-state index in [2.05, 4.69) is 10.6 Å². The standard InChI is InChI=1S/C7H14N2O3S/c1-8-4-7(10)9-6-2-3-13(11,12)5-6/h6,8H,2-5H2,1H3,(H,9,10). The molecule has 0 spiro atoms. The van der Waals surface area contributed by atoms with Gasteiger partial charge in [0.25, 0.3) is 0 Å². The molecule has 1 amide bonds. The van der Waals surface area contributed by atoms with Gasteiger partial charge in [0.15, 0.2) is 9.84 Å². The van der Waals surface area contributed by atoms with Crippen molar-refractivity contribution >= 4 is 15.7 Å². The highest BCUT2D eigenvalue weighted by molar-refractivity contribution is 7.91. The van der Waals surface area contributed by atoms with Crippen LogP contribution in [0.5, 0.6) is 0 Å². The molecule has 0 aromatic carbocycles. The maximum Gasteiger partial charge on any atom is 0.234 e. The number of rotatable bonds is 3. The molecule has 0 saturated carbocycles. The summed E-state index contributed by atoms with van der Waals surface area (Å²) in [6.45, 7) is 0.233. The van der Waals surface area contributed by atoms with Crippen LogP contribution in [0.25, 0.3) is 0 Å². The summed E-state index contributed by atoms with van der Waals surface area (Å²) < 4.78 is 22.0. The van der Waals surface area contributed by atoms with E-state index in [0.29, 0.717) is 6.42 Å². The molecule has 0 bridgehead atoms. The maximum absolute atomic E-state index is 11.0. The van der Waals surface area contributed by atoms with Gasteiger partial charge in [-0.15, -0.1) is 0 Å². The van der Waals surface area contributed by atoms with Crippen molar-refractivity contribution in [3.8, 4) is 0 Å². The number of hydrogen-bond acceptors (Lipinski definition) is 4. The van der Waals surface area contributed by atoms with Crippen LogP contribution < -0.4 is 10.6 Å². The zero-order chi connectivity index (χ0) is 9.90. The van der Waals surface area contributed by atoms with Gasteiger partial charge in [-0.3, -0.25) is 4.79 Å². The molecule has 1 heterocycles. The molecule has 0 aromatic heterocycles. The van der Waals surface area contributed by atoms with Gasteiger partial charge in [0, 0.05) is 6.04 Å². The molecule has 1 rings (SSSR count). The van der Waals surface area contributed by atoms with Crippen molar-refractivity contribution in [2.24, 2.45) is 0 Å². The van der Waals surface area contributed by atoms with Crippen LogP contribution in [0.4, 0.5) is 0 Å². The van der Waals surface area contributed by atoms with E-state index >= 15 is 0 Å². The lowest BCUT2D eigenvalue weighted by Crippen LogP contribution is -2.40. The van der Waals surface area contributed by atoms with Gasteiger partial charge in [0.2, 0.25) is 5.91 Å². The minimum Gasteiger partial charge on any atom is -0.351 e. The fraction of sp³-hybridized carbons (Fsp3) is 0.857. The van der Waals surface area contributed by atoms with Gasteiger partial charge in [0.1, 0.15) is 0 Å². The fourth-order valence-electron chi connectivity index (χ4n) is 1.35. The van der Waals surface area contributed by atoms with Gasteiger partial charge in [-0.1, -0.05) is 0 Å². The normalized spacial score (nSPS) is 25.8. The van der Waals surface area contributed by atoms with E-state index in [1.54, 1.807) is 7.05 Å². The highest BCUT2D eigenvalue weighted by Crippen LogP contribution is 2.10. The fourth-order valence-corrected chi connectivity index (χ4v) is 3.02. The highest BCUT2D eigenvalue weighted by atomic mass is 32.2. The summed E-state index contributed by atoms with van der Waals surface area (Å²) >= 11 is 0. The summed E-state index contributed by atoms with van der Waals surface area (Å²) in [5.74, 6) is 0.129.